The first-order valence-corrected chi connectivity index (χ1v) is 5.31. The van der Waals surface area contributed by atoms with Crippen LogP contribution < -0.4 is 0 Å². The second-order valence-electron chi connectivity index (χ2n) is 3.76. The lowest BCUT2D eigenvalue weighted by molar-refractivity contribution is -0.134. The zero-order chi connectivity index (χ0) is 11.3. The van der Waals surface area contributed by atoms with Crippen LogP contribution in [0, 0.1) is 28.6 Å². The van der Waals surface area contributed by atoms with Crippen molar-refractivity contribution in [3.05, 3.63) is 0 Å². The smallest absolute Gasteiger partial charge is 0.240 e. The topological polar surface area (TPSA) is 67.9 Å². The van der Waals surface area contributed by atoms with Crippen molar-refractivity contribution in [2.45, 2.75) is 38.6 Å². The van der Waals surface area contributed by atoms with Gasteiger partial charge < -0.3 is 4.90 Å². The molecule has 4 nitrogen and oxygen atoms in total. The molecule has 0 bridgehead atoms. The molecule has 15 heavy (non-hydrogen) atoms. The summed E-state index contributed by atoms with van der Waals surface area (Å²) in [6.07, 6.45) is 2.92. The fourth-order valence-electron chi connectivity index (χ4n) is 1.55. The highest BCUT2D eigenvalue weighted by molar-refractivity contribution is 5.81. The molecule has 4 heteroatoms. The van der Waals surface area contributed by atoms with E-state index in [2.05, 4.69) is 0 Å². The predicted molar refractivity (Wildman–Crippen MR) is 54.4 cm³/mol. The van der Waals surface area contributed by atoms with Crippen LogP contribution in [0.5, 0.6) is 0 Å². The fourth-order valence-corrected chi connectivity index (χ4v) is 1.55. The Bertz CT molecular complexity index is 309. The Kier molecular flexibility index (Phi) is 4.12. The van der Waals surface area contributed by atoms with E-state index in [0.29, 0.717) is 19.4 Å². The highest BCUT2D eigenvalue weighted by Crippen LogP contribution is 2.28. The van der Waals surface area contributed by atoms with Crippen molar-refractivity contribution >= 4 is 5.91 Å². The third kappa shape index (κ3) is 2.95. The summed E-state index contributed by atoms with van der Waals surface area (Å²) in [7, 11) is 0. The Morgan fingerprint density at radius 1 is 1.53 bits per heavy atom. The maximum absolute atomic E-state index is 11.9. The average Bonchev–Trinajstić information content (AvgIpc) is 3.04. The van der Waals surface area contributed by atoms with E-state index in [1.165, 1.54) is 0 Å². The second-order valence-corrected chi connectivity index (χ2v) is 3.76. The monoisotopic (exact) mass is 205 g/mol. The van der Waals surface area contributed by atoms with E-state index in [-0.39, 0.29) is 11.9 Å². The molecule has 1 unspecified atom stereocenters. The molecule has 0 heterocycles. The van der Waals surface area contributed by atoms with E-state index < -0.39 is 5.92 Å². The van der Waals surface area contributed by atoms with Crippen LogP contribution in [-0.2, 0) is 4.79 Å². The number of rotatable bonds is 5. The number of nitriles is 2. The lowest BCUT2D eigenvalue weighted by Gasteiger charge is -2.23. The second kappa shape index (κ2) is 5.36. The zero-order valence-electron chi connectivity index (χ0n) is 8.94. The van der Waals surface area contributed by atoms with Crippen LogP contribution in [-0.4, -0.2) is 23.4 Å². The minimum atomic E-state index is -0.538. The minimum Gasteiger partial charge on any atom is -0.338 e. The third-order valence-electron chi connectivity index (χ3n) is 2.60. The quantitative estimate of drug-likeness (QED) is 0.682. The molecule has 1 atom stereocenters. The molecule has 1 aliphatic carbocycles. The summed E-state index contributed by atoms with van der Waals surface area (Å²) in [6.45, 7) is 2.30. The Hall–Kier alpha value is -1.55. The molecule has 1 amide bonds. The van der Waals surface area contributed by atoms with E-state index in [4.69, 9.17) is 10.5 Å². The number of hydrogen-bond acceptors (Lipinski definition) is 3. The van der Waals surface area contributed by atoms with E-state index in [9.17, 15) is 4.79 Å². The van der Waals surface area contributed by atoms with E-state index in [1.54, 1.807) is 4.90 Å². The Labute approximate surface area is 90.1 Å². The van der Waals surface area contributed by atoms with E-state index >= 15 is 0 Å². The Morgan fingerprint density at radius 2 is 2.20 bits per heavy atom. The van der Waals surface area contributed by atoms with Gasteiger partial charge in [-0.2, -0.15) is 10.5 Å². The van der Waals surface area contributed by atoms with Crippen LogP contribution in [0.3, 0.4) is 0 Å². The van der Waals surface area contributed by atoms with Crippen LogP contribution in [0.1, 0.15) is 32.6 Å². The van der Waals surface area contributed by atoms with Gasteiger partial charge in [0.15, 0.2) is 0 Å². The molecule has 80 valence electrons. The molecule has 0 saturated heterocycles. The van der Waals surface area contributed by atoms with E-state index in [1.807, 2.05) is 19.1 Å². The van der Waals surface area contributed by atoms with Gasteiger partial charge in [-0.25, -0.2) is 0 Å². The molecular weight excluding hydrogens is 190 g/mol. The Morgan fingerprint density at radius 3 is 2.60 bits per heavy atom. The molecule has 0 aromatic carbocycles. The highest BCUT2D eigenvalue weighted by atomic mass is 16.2. The van der Waals surface area contributed by atoms with Gasteiger partial charge >= 0.3 is 0 Å². The summed E-state index contributed by atoms with van der Waals surface area (Å²) in [5, 5.41) is 17.3. The van der Waals surface area contributed by atoms with Crippen LogP contribution >= 0.6 is 0 Å². The van der Waals surface area contributed by atoms with Gasteiger partial charge in [0.25, 0.3) is 0 Å². The number of nitrogens with zero attached hydrogens (tertiary/aromatic N) is 3. The van der Waals surface area contributed by atoms with Crippen molar-refractivity contribution in [3.63, 3.8) is 0 Å². The summed E-state index contributed by atoms with van der Waals surface area (Å²) in [5.74, 6) is -0.637. The SMILES string of the molecule is CCC(C#N)C(=O)N(CCC#N)C1CC1. The predicted octanol–water partition coefficient (Wildman–Crippen LogP) is 1.44. The van der Waals surface area contributed by atoms with Crippen molar-refractivity contribution in [3.8, 4) is 12.1 Å². The number of carbonyl (C=O) groups is 1. The van der Waals surface area contributed by atoms with Crippen LogP contribution in [0.2, 0.25) is 0 Å². The van der Waals surface area contributed by atoms with Gasteiger partial charge in [-0.05, 0) is 19.3 Å². The summed E-state index contributed by atoms with van der Waals surface area (Å²) in [4.78, 5) is 13.6. The van der Waals surface area contributed by atoms with E-state index in [0.717, 1.165) is 12.8 Å². The molecule has 0 aliphatic heterocycles. The van der Waals surface area contributed by atoms with Gasteiger partial charge in [0, 0.05) is 12.6 Å². The summed E-state index contributed by atoms with van der Waals surface area (Å²) < 4.78 is 0. The summed E-state index contributed by atoms with van der Waals surface area (Å²) in [5.41, 5.74) is 0. The van der Waals surface area contributed by atoms with Crippen molar-refractivity contribution in [2.24, 2.45) is 5.92 Å². The molecule has 1 rings (SSSR count). The largest absolute Gasteiger partial charge is 0.338 e. The molecule has 0 aromatic rings. The van der Waals surface area contributed by atoms with Crippen LogP contribution in [0.25, 0.3) is 0 Å². The van der Waals surface area contributed by atoms with Gasteiger partial charge in [0.05, 0.1) is 18.6 Å². The first-order valence-electron chi connectivity index (χ1n) is 5.31. The standard InChI is InChI=1S/C11H15N3O/c1-2-9(8-13)11(15)14(7-3-6-12)10-4-5-10/h9-10H,2-5,7H2,1H3. The lowest BCUT2D eigenvalue weighted by atomic mass is 10.1. The molecule has 1 saturated carbocycles. The van der Waals surface area contributed by atoms with Crippen molar-refractivity contribution < 1.29 is 4.79 Å². The van der Waals surface area contributed by atoms with Gasteiger partial charge in [-0.3, -0.25) is 4.79 Å². The molecule has 1 aliphatic rings. The minimum absolute atomic E-state index is 0.0993. The summed E-state index contributed by atoms with van der Waals surface area (Å²) >= 11 is 0. The molecular formula is C11H15N3O. The highest BCUT2D eigenvalue weighted by Gasteiger charge is 2.34. The Balaban J connectivity index is 2.59. The molecule has 0 aromatic heterocycles. The van der Waals surface area contributed by atoms with Gasteiger partial charge in [-0.15, -0.1) is 0 Å². The van der Waals surface area contributed by atoms with Gasteiger partial charge in [-0.1, -0.05) is 6.92 Å². The number of carbonyl (C=O) groups excluding carboxylic acids is 1. The first-order chi connectivity index (χ1) is 7.24. The molecule has 1 fully saturated rings. The van der Waals surface area contributed by atoms with Crippen LogP contribution in [0.4, 0.5) is 0 Å². The molecule has 0 N–H and O–H groups in total. The fraction of sp³-hybridized carbons (Fsp3) is 0.727. The third-order valence-corrected chi connectivity index (χ3v) is 2.60. The zero-order valence-corrected chi connectivity index (χ0v) is 8.94. The van der Waals surface area contributed by atoms with Crippen molar-refractivity contribution in [1.82, 2.24) is 4.90 Å². The summed E-state index contributed by atoms with van der Waals surface area (Å²) in [6, 6.07) is 4.34. The molecule has 0 radical (unpaired) electrons. The normalized spacial score (nSPS) is 16.2. The number of hydrogen-bond donors (Lipinski definition) is 0. The first kappa shape index (κ1) is 11.5. The maximum atomic E-state index is 11.9. The molecule has 0 spiro atoms. The number of amides is 1. The average molecular weight is 205 g/mol. The van der Waals surface area contributed by atoms with Crippen molar-refractivity contribution in [1.29, 1.82) is 10.5 Å². The van der Waals surface area contributed by atoms with Crippen molar-refractivity contribution in [2.75, 3.05) is 6.54 Å². The van der Waals surface area contributed by atoms with Crippen LogP contribution in [0.15, 0.2) is 0 Å². The maximum Gasteiger partial charge on any atom is 0.240 e. The van der Waals surface area contributed by atoms with Gasteiger partial charge in [0.1, 0.15) is 5.92 Å². The lowest BCUT2D eigenvalue weighted by Crippen LogP contribution is -2.37. The van der Waals surface area contributed by atoms with Gasteiger partial charge in [0.2, 0.25) is 5.91 Å².